The van der Waals surface area contributed by atoms with E-state index in [1.54, 1.807) is 11.3 Å². The zero-order chi connectivity index (χ0) is 23.8. The molecular weight excluding hydrogens is 454 g/mol. The second-order valence-electron chi connectivity index (χ2n) is 9.28. The number of fused-ring (bicyclic) bond motifs is 1. The summed E-state index contributed by atoms with van der Waals surface area (Å²) in [7, 11) is 0. The number of carbonyl (C=O) groups is 2. The van der Waals surface area contributed by atoms with E-state index in [-0.39, 0.29) is 11.8 Å². The molecule has 3 aromatic carbocycles. The van der Waals surface area contributed by atoms with Gasteiger partial charge in [-0.2, -0.15) is 0 Å². The van der Waals surface area contributed by atoms with Crippen LogP contribution in [0.2, 0.25) is 0 Å². The van der Waals surface area contributed by atoms with Crippen LogP contribution in [0.25, 0.3) is 21.2 Å². The molecule has 2 aliphatic heterocycles. The fourth-order valence-electron chi connectivity index (χ4n) is 5.00. The fourth-order valence-corrected chi connectivity index (χ4v) is 6.03. The average Bonchev–Trinajstić information content (AvgIpc) is 3.33. The molecule has 0 saturated carbocycles. The van der Waals surface area contributed by atoms with Crippen LogP contribution in [0.4, 0.5) is 0 Å². The van der Waals surface area contributed by atoms with Gasteiger partial charge in [-0.05, 0) is 40.8 Å². The Morgan fingerprint density at radius 3 is 2.06 bits per heavy atom. The highest BCUT2D eigenvalue weighted by molar-refractivity contribution is 7.20. The molecule has 2 fully saturated rings. The maximum Gasteiger partial charge on any atom is 0.264 e. The lowest BCUT2D eigenvalue weighted by molar-refractivity contribution is 0.00863. The van der Waals surface area contributed by atoms with Crippen LogP contribution < -0.4 is 0 Å². The highest BCUT2D eigenvalue weighted by atomic mass is 32.1. The van der Waals surface area contributed by atoms with E-state index in [1.165, 1.54) is 0 Å². The summed E-state index contributed by atoms with van der Waals surface area (Å²) in [6.45, 7) is 4.69. The van der Waals surface area contributed by atoms with E-state index < -0.39 is 0 Å². The summed E-state index contributed by atoms with van der Waals surface area (Å²) in [5, 5.41) is 1.13. The Bertz CT molecular complexity index is 1320. The van der Waals surface area contributed by atoms with Gasteiger partial charge in [0, 0.05) is 55.6 Å². The van der Waals surface area contributed by atoms with Crippen LogP contribution in [-0.4, -0.2) is 71.8 Å². The summed E-state index contributed by atoms with van der Waals surface area (Å²) in [6.07, 6.45) is 0. The quantitative estimate of drug-likeness (QED) is 0.419. The van der Waals surface area contributed by atoms with Crippen molar-refractivity contribution in [3.05, 3.63) is 95.4 Å². The lowest BCUT2D eigenvalue weighted by Gasteiger charge is -2.48. The molecule has 35 heavy (non-hydrogen) atoms. The van der Waals surface area contributed by atoms with Crippen LogP contribution in [0.3, 0.4) is 0 Å². The fraction of sp³-hybridized carbons (Fsp3) is 0.241. The average molecular weight is 482 g/mol. The summed E-state index contributed by atoms with van der Waals surface area (Å²) in [5.41, 5.74) is 3.01. The Hall–Kier alpha value is -3.48. The third-order valence-corrected chi connectivity index (χ3v) is 8.25. The molecule has 2 amide bonds. The lowest BCUT2D eigenvalue weighted by atomic mass is 10.0. The van der Waals surface area contributed by atoms with Gasteiger partial charge in [-0.15, -0.1) is 11.3 Å². The van der Waals surface area contributed by atoms with Gasteiger partial charge < -0.3 is 9.80 Å². The van der Waals surface area contributed by atoms with Gasteiger partial charge in [-0.3, -0.25) is 14.5 Å². The summed E-state index contributed by atoms with van der Waals surface area (Å²) in [5.74, 6) is 0.231. The van der Waals surface area contributed by atoms with Gasteiger partial charge in [0.1, 0.15) is 0 Å². The first kappa shape index (κ1) is 22.0. The van der Waals surface area contributed by atoms with E-state index in [4.69, 9.17) is 0 Å². The van der Waals surface area contributed by atoms with Crippen LogP contribution in [0.15, 0.2) is 84.9 Å². The molecular formula is C29H27N3O2S. The maximum absolute atomic E-state index is 13.0. The van der Waals surface area contributed by atoms with Crippen molar-refractivity contribution in [1.82, 2.24) is 14.7 Å². The Morgan fingerprint density at radius 2 is 1.34 bits per heavy atom. The number of hydrogen-bond acceptors (Lipinski definition) is 4. The van der Waals surface area contributed by atoms with E-state index in [1.807, 2.05) is 70.5 Å². The molecule has 3 heterocycles. The van der Waals surface area contributed by atoms with Gasteiger partial charge in [-0.25, -0.2) is 0 Å². The van der Waals surface area contributed by atoms with Crippen LogP contribution in [-0.2, 0) is 0 Å². The predicted molar refractivity (Wildman–Crippen MR) is 141 cm³/mol. The van der Waals surface area contributed by atoms with Crippen LogP contribution in [0.5, 0.6) is 0 Å². The van der Waals surface area contributed by atoms with Crippen LogP contribution in [0.1, 0.15) is 20.0 Å². The molecule has 0 spiro atoms. The number of thiophene rings is 1. The van der Waals surface area contributed by atoms with Gasteiger partial charge in [0.05, 0.1) is 4.88 Å². The molecule has 1 aromatic heterocycles. The van der Waals surface area contributed by atoms with Crippen molar-refractivity contribution in [3.63, 3.8) is 0 Å². The number of rotatable bonds is 4. The molecule has 4 aromatic rings. The van der Waals surface area contributed by atoms with E-state index in [9.17, 15) is 9.59 Å². The smallest absolute Gasteiger partial charge is 0.264 e. The van der Waals surface area contributed by atoms with Crippen molar-refractivity contribution < 1.29 is 9.59 Å². The van der Waals surface area contributed by atoms with Crippen molar-refractivity contribution in [2.75, 3.05) is 39.3 Å². The van der Waals surface area contributed by atoms with Gasteiger partial charge in [0.25, 0.3) is 11.8 Å². The summed E-state index contributed by atoms with van der Waals surface area (Å²) in [6, 6.07) is 28.6. The number of amides is 2. The van der Waals surface area contributed by atoms with E-state index in [2.05, 4.69) is 29.2 Å². The molecule has 0 bridgehead atoms. The SMILES string of the molecule is O=C(c1ccc(-c2ccccc2)cc1)N1CC(N2CCN(C(=O)c3cc4ccccc4s3)CC2)C1. The molecule has 0 unspecified atom stereocenters. The van der Waals surface area contributed by atoms with Crippen LogP contribution in [0, 0.1) is 0 Å². The Balaban J connectivity index is 1.01. The summed E-state index contributed by atoms with van der Waals surface area (Å²) in [4.78, 5) is 33.1. The largest absolute Gasteiger partial charge is 0.335 e. The number of benzene rings is 3. The van der Waals surface area contributed by atoms with Crippen molar-refractivity contribution in [2.45, 2.75) is 6.04 Å². The molecule has 0 N–H and O–H groups in total. The monoisotopic (exact) mass is 481 g/mol. The lowest BCUT2D eigenvalue weighted by Crippen LogP contribution is -2.64. The second-order valence-corrected chi connectivity index (χ2v) is 10.4. The normalized spacial score (nSPS) is 16.9. The van der Waals surface area contributed by atoms with Crippen molar-refractivity contribution >= 4 is 33.2 Å². The molecule has 176 valence electrons. The van der Waals surface area contributed by atoms with Crippen molar-refractivity contribution in [2.24, 2.45) is 0 Å². The minimum atomic E-state index is 0.0967. The first-order valence-electron chi connectivity index (χ1n) is 12.1. The summed E-state index contributed by atoms with van der Waals surface area (Å²) < 4.78 is 1.16. The highest BCUT2D eigenvalue weighted by Gasteiger charge is 2.37. The molecule has 0 aliphatic carbocycles. The number of hydrogen-bond donors (Lipinski definition) is 0. The first-order valence-corrected chi connectivity index (χ1v) is 12.9. The molecule has 0 atom stereocenters. The van der Waals surface area contributed by atoms with E-state index in [0.29, 0.717) is 6.04 Å². The highest BCUT2D eigenvalue weighted by Crippen LogP contribution is 2.27. The van der Waals surface area contributed by atoms with Crippen molar-refractivity contribution in [1.29, 1.82) is 0 Å². The Morgan fingerprint density at radius 1 is 0.686 bits per heavy atom. The summed E-state index contributed by atoms with van der Waals surface area (Å²) >= 11 is 1.57. The maximum atomic E-state index is 13.0. The second kappa shape index (κ2) is 9.29. The number of likely N-dealkylation sites (tertiary alicyclic amines) is 1. The third-order valence-electron chi connectivity index (χ3n) is 7.14. The first-order chi connectivity index (χ1) is 17.2. The Labute approximate surface area is 209 Å². The zero-order valence-corrected chi connectivity index (χ0v) is 20.3. The molecule has 6 rings (SSSR count). The molecule has 6 heteroatoms. The van der Waals surface area contributed by atoms with Crippen LogP contribution >= 0.6 is 11.3 Å². The third kappa shape index (κ3) is 4.35. The minimum Gasteiger partial charge on any atom is -0.335 e. The van der Waals surface area contributed by atoms with E-state index >= 15 is 0 Å². The zero-order valence-electron chi connectivity index (χ0n) is 19.5. The number of nitrogens with zero attached hydrogens (tertiary/aromatic N) is 3. The predicted octanol–water partition coefficient (Wildman–Crippen LogP) is 4.85. The standard InChI is InChI=1S/C29H27N3O2S/c33-28(23-12-10-22(11-13-23)21-6-2-1-3-7-21)32-19-25(20-32)30-14-16-31(17-15-30)29(34)27-18-24-8-4-5-9-26(24)35-27/h1-13,18,25H,14-17,19-20H2. The van der Waals surface area contributed by atoms with Gasteiger partial charge in [0.2, 0.25) is 0 Å². The number of piperazine rings is 1. The minimum absolute atomic E-state index is 0.0967. The molecule has 0 radical (unpaired) electrons. The van der Waals surface area contributed by atoms with Gasteiger partial charge in [-0.1, -0.05) is 60.7 Å². The molecule has 2 aliphatic rings. The van der Waals surface area contributed by atoms with Gasteiger partial charge >= 0.3 is 0 Å². The topological polar surface area (TPSA) is 43.9 Å². The number of carbonyl (C=O) groups excluding carboxylic acids is 2. The molecule has 5 nitrogen and oxygen atoms in total. The van der Waals surface area contributed by atoms with Gasteiger partial charge in [0.15, 0.2) is 0 Å². The molecule has 2 saturated heterocycles. The Kier molecular flexibility index (Phi) is 5.84. The van der Waals surface area contributed by atoms with Crippen molar-refractivity contribution in [3.8, 4) is 11.1 Å². The van der Waals surface area contributed by atoms with E-state index in [0.717, 1.165) is 70.9 Å².